The summed E-state index contributed by atoms with van der Waals surface area (Å²) in [5.74, 6) is 1.87. The van der Waals surface area contributed by atoms with Gasteiger partial charge in [0.1, 0.15) is 16.2 Å². The summed E-state index contributed by atoms with van der Waals surface area (Å²) in [5.41, 5.74) is 0. The first-order valence-corrected chi connectivity index (χ1v) is 7.42. The van der Waals surface area contributed by atoms with Crippen LogP contribution >= 0.6 is 15.9 Å². The number of aryl methyl sites for hydroxylation is 1. The van der Waals surface area contributed by atoms with Crippen molar-refractivity contribution in [1.82, 2.24) is 9.97 Å². The molecule has 0 saturated carbocycles. The van der Waals surface area contributed by atoms with Crippen LogP contribution in [0.25, 0.3) is 0 Å². The Bertz CT molecular complexity index is 394. The van der Waals surface area contributed by atoms with Crippen LogP contribution in [0.5, 0.6) is 0 Å². The van der Waals surface area contributed by atoms with E-state index >= 15 is 0 Å². The summed E-state index contributed by atoms with van der Waals surface area (Å²) in [6.45, 7) is 6.98. The zero-order valence-corrected chi connectivity index (χ0v) is 12.6. The summed E-state index contributed by atoms with van der Waals surface area (Å²) in [6, 6.07) is 1.98. The minimum Gasteiger partial charge on any atom is -0.376 e. The predicted octanol–water partition coefficient (Wildman–Crippen LogP) is 2.81. The van der Waals surface area contributed by atoms with Gasteiger partial charge in [-0.05, 0) is 35.7 Å². The maximum atomic E-state index is 5.70. The first-order chi connectivity index (χ1) is 8.72. The van der Waals surface area contributed by atoms with Crippen LogP contribution in [0.15, 0.2) is 10.7 Å². The first kappa shape index (κ1) is 13.7. The summed E-state index contributed by atoms with van der Waals surface area (Å²) in [7, 11) is 0. The highest BCUT2D eigenvalue weighted by atomic mass is 79.9. The zero-order chi connectivity index (χ0) is 13.0. The van der Waals surface area contributed by atoms with Gasteiger partial charge in [-0.25, -0.2) is 9.97 Å². The highest BCUT2D eigenvalue weighted by molar-refractivity contribution is 9.10. The van der Waals surface area contributed by atoms with Crippen molar-refractivity contribution < 1.29 is 4.74 Å². The van der Waals surface area contributed by atoms with Gasteiger partial charge >= 0.3 is 0 Å². The molecular weight excluding hydrogens is 294 g/mol. The number of nitrogens with zero attached hydrogens (tertiary/aromatic N) is 3. The lowest BCUT2D eigenvalue weighted by Crippen LogP contribution is -2.32. The van der Waals surface area contributed by atoms with Crippen LogP contribution in [0, 0.1) is 0 Å². The van der Waals surface area contributed by atoms with Crippen LogP contribution in [-0.4, -0.2) is 35.8 Å². The number of hydrogen-bond acceptors (Lipinski definition) is 4. The molecule has 1 fully saturated rings. The molecule has 0 spiro atoms. The lowest BCUT2D eigenvalue weighted by atomic mass is 10.2. The highest BCUT2D eigenvalue weighted by Gasteiger charge is 2.19. The molecule has 18 heavy (non-hydrogen) atoms. The minimum absolute atomic E-state index is 0.351. The molecule has 1 saturated heterocycles. The second kappa shape index (κ2) is 6.48. The molecule has 0 N–H and O–H groups in total. The van der Waals surface area contributed by atoms with Gasteiger partial charge in [0.25, 0.3) is 0 Å². The predicted molar refractivity (Wildman–Crippen MR) is 76.0 cm³/mol. The highest BCUT2D eigenvalue weighted by Crippen LogP contribution is 2.20. The van der Waals surface area contributed by atoms with Crippen molar-refractivity contribution in [2.45, 2.75) is 39.2 Å². The second-order valence-corrected chi connectivity index (χ2v) is 5.30. The molecule has 5 heteroatoms. The van der Waals surface area contributed by atoms with Gasteiger partial charge in [0.2, 0.25) is 0 Å². The molecule has 0 aliphatic carbocycles. The summed E-state index contributed by atoms with van der Waals surface area (Å²) in [6.07, 6.45) is 3.53. The molecule has 1 atom stereocenters. The second-order valence-electron chi connectivity index (χ2n) is 4.49. The Morgan fingerprint density at radius 2 is 2.28 bits per heavy atom. The molecule has 2 heterocycles. The van der Waals surface area contributed by atoms with E-state index in [1.807, 2.05) is 6.07 Å². The quantitative estimate of drug-likeness (QED) is 0.783. The van der Waals surface area contributed by atoms with Crippen molar-refractivity contribution in [3.05, 3.63) is 16.5 Å². The number of hydrogen-bond donors (Lipinski definition) is 0. The van der Waals surface area contributed by atoms with Gasteiger partial charge in [0, 0.05) is 32.2 Å². The normalized spacial score (nSPS) is 19.2. The third-order valence-electron chi connectivity index (χ3n) is 3.20. The molecule has 1 aliphatic rings. The van der Waals surface area contributed by atoms with Crippen molar-refractivity contribution in [3.8, 4) is 0 Å². The molecular formula is C13H20BrN3O. The van der Waals surface area contributed by atoms with Gasteiger partial charge < -0.3 is 9.64 Å². The molecule has 2 rings (SSSR count). The Labute approximate surface area is 117 Å². The molecule has 1 aliphatic heterocycles. The number of ether oxygens (including phenoxy) is 1. The maximum Gasteiger partial charge on any atom is 0.133 e. The number of halogens is 1. The Kier molecular flexibility index (Phi) is 4.95. The van der Waals surface area contributed by atoms with Crippen molar-refractivity contribution >= 4 is 21.7 Å². The molecule has 1 unspecified atom stereocenters. The van der Waals surface area contributed by atoms with Crippen LogP contribution in [0.3, 0.4) is 0 Å². The van der Waals surface area contributed by atoms with E-state index < -0.39 is 0 Å². The molecule has 0 radical (unpaired) electrons. The van der Waals surface area contributed by atoms with Gasteiger partial charge in [-0.1, -0.05) is 6.92 Å². The summed E-state index contributed by atoms with van der Waals surface area (Å²) >= 11 is 3.45. The first-order valence-electron chi connectivity index (χ1n) is 6.63. The van der Waals surface area contributed by atoms with Gasteiger partial charge in [0.05, 0.1) is 6.10 Å². The average Bonchev–Trinajstić information content (AvgIpc) is 2.88. The standard InChI is InChI=1S/C13H20BrN3O/c1-3-12-15-11(14)8-13(16-12)17(4-2)9-10-6-5-7-18-10/h8,10H,3-7,9H2,1-2H3. The van der Waals surface area contributed by atoms with E-state index in [9.17, 15) is 0 Å². The Balaban J connectivity index is 2.12. The SMILES string of the molecule is CCc1nc(Br)cc(N(CC)CC2CCCO2)n1. The molecule has 4 nitrogen and oxygen atoms in total. The fourth-order valence-electron chi connectivity index (χ4n) is 2.19. The van der Waals surface area contributed by atoms with Crippen molar-refractivity contribution in [2.24, 2.45) is 0 Å². The van der Waals surface area contributed by atoms with Gasteiger partial charge in [-0.3, -0.25) is 0 Å². The Morgan fingerprint density at radius 3 is 2.89 bits per heavy atom. The fraction of sp³-hybridized carbons (Fsp3) is 0.692. The van der Waals surface area contributed by atoms with Crippen LogP contribution < -0.4 is 4.90 Å². The van der Waals surface area contributed by atoms with E-state index in [1.165, 1.54) is 6.42 Å². The van der Waals surface area contributed by atoms with E-state index in [1.54, 1.807) is 0 Å². The van der Waals surface area contributed by atoms with E-state index in [-0.39, 0.29) is 0 Å². The topological polar surface area (TPSA) is 38.2 Å². The molecule has 0 amide bonds. The lowest BCUT2D eigenvalue weighted by Gasteiger charge is -2.25. The molecule has 1 aromatic rings. The van der Waals surface area contributed by atoms with E-state index in [4.69, 9.17) is 4.74 Å². The third kappa shape index (κ3) is 3.42. The largest absolute Gasteiger partial charge is 0.376 e. The van der Waals surface area contributed by atoms with E-state index in [0.29, 0.717) is 6.10 Å². The Hall–Kier alpha value is -0.680. The summed E-state index contributed by atoms with van der Waals surface area (Å²) in [4.78, 5) is 11.2. The summed E-state index contributed by atoms with van der Waals surface area (Å²) in [5, 5.41) is 0. The van der Waals surface area contributed by atoms with Crippen molar-refractivity contribution in [2.75, 3.05) is 24.6 Å². The van der Waals surface area contributed by atoms with Gasteiger partial charge in [-0.2, -0.15) is 0 Å². The number of likely N-dealkylation sites (N-methyl/N-ethyl adjacent to an activating group) is 1. The van der Waals surface area contributed by atoms with Crippen molar-refractivity contribution in [1.29, 1.82) is 0 Å². The van der Waals surface area contributed by atoms with Crippen LogP contribution in [0.4, 0.5) is 5.82 Å². The van der Waals surface area contributed by atoms with Crippen LogP contribution in [0.1, 0.15) is 32.5 Å². The lowest BCUT2D eigenvalue weighted by molar-refractivity contribution is 0.115. The monoisotopic (exact) mass is 313 g/mol. The number of anilines is 1. The molecule has 1 aromatic heterocycles. The fourth-order valence-corrected chi connectivity index (χ4v) is 2.60. The van der Waals surface area contributed by atoms with E-state index in [0.717, 1.165) is 48.8 Å². The van der Waals surface area contributed by atoms with Crippen molar-refractivity contribution in [3.63, 3.8) is 0 Å². The van der Waals surface area contributed by atoms with Crippen LogP contribution in [0.2, 0.25) is 0 Å². The Morgan fingerprint density at radius 1 is 1.44 bits per heavy atom. The molecule has 0 aromatic carbocycles. The average molecular weight is 314 g/mol. The molecule has 0 bridgehead atoms. The number of aromatic nitrogens is 2. The molecule has 100 valence electrons. The van der Waals surface area contributed by atoms with Gasteiger partial charge in [0.15, 0.2) is 0 Å². The zero-order valence-electron chi connectivity index (χ0n) is 11.0. The van der Waals surface area contributed by atoms with Crippen LogP contribution in [-0.2, 0) is 11.2 Å². The smallest absolute Gasteiger partial charge is 0.133 e. The maximum absolute atomic E-state index is 5.70. The van der Waals surface area contributed by atoms with Gasteiger partial charge in [-0.15, -0.1) is 0 Å². The van der Waals surface area contributed by atoms with E-state index in [2.05, 4.69) is 44.6 Å². The minimum atomic E-state index is 0.351. The third-order valence-corrected chi connectivity index (χ3v) is 3.60. The number of rotatable bonds is 5. The summed E-state index contributed by atoms with van der Waals surface area (Å²) < 4.78 is 6.55.